The number of rotatable bonds is 4. The van der Waals surface area contributed by atoms with Gasteiger partial charge in [-0.25, -0.2) is 9.97 Å². The van der Waals surface area contributed by atoms with Crippen molar-refractivity contribution in [3.8, 4) is 11.5 Å². The Kier molecular flexibility index (Phi) is 4.56. The zero-order valence-electron chi connectivity index (χ0n) is 11.1. The second kappa shape index (κ2) is 6.21. The Balaban J connectivity index is 2.26. The molecule has 1 heterocycles. The highest BCUT2D eigenvalue weighted by Gasteiger charge is 2.32. The normalized spacial score (nSPS) is 11.3. The lowest BCUT2D eigenvalue weighted by Gasteiger charge is -2.09. The molecule has 0 aliphatic heterocycles. The smallest absolute Gasteiger partial charge is 0.433 e. The van der Waals surface area contributed by atoms with Gasteiger partial charge in [0.1, 0.15) is 5.69 Å². The fourth-order valence-electron chi connectivity index (χ4n) is 1.53. The Morgan fingerprint density at radius 2 is 1.76 bits per heavy atom. The van der Waals surface area contributed by atoms with E-state index in [1.807, 2.05) is 0 Å². The van der Waals surface area contributed by atoms with E-state index < -0.39 is 11.9 Å². The highest BCUT2D eigenvalue weighted by atomic mass is 32.2. The van der Waals surface area contributed by atoms with Gasteiger partial charge in [-0.1, -0.05) is 0 Å². The molecule has 0 spiro atoms. The van der Waals surface area contributed by atoms with Gasteiger partial charge in [0.15, 0.2) is 16.7 Å². The number of ether oxygens (including phenoxy) is 2. The van der Waals surface area contributed by atoms with Gasteiger partial charge < -0.3 is 9.47 Å². The van der Waals surface area contributed by atoms with Crippen LogP contribution in [-0.2, 0) is 6.18 Å². The molecule has 0 aliphatic rings. The van der Waals surface area contributed by atoms with Crippen LogP contribution in [-0.4, -0.2) is 24.2 Å². The third-order valence-electron chi connectivity index (χ3n) is 2.49. The summed E-state index contributed by atoms with van der Waals surface area (Å²) in [6.45, 7) is 0. The van der Waals surface area contributed by atoms with Crippen LogP contribution < -0.4 is 9.47 Å². The maximum Gasteiger partial charge on any atom is 0.433 e. The molecule has 4 nitrogen and oxygen atoms in total. The molecule has 0 N–H and O–H groups in total. The van der Waals surface area contributed by atoms with E-state index in [9.17, 15) is 13.2 Å². The van der Waals surface area contributed by atoms with E-state index in [-0.39, 0.29) is 5.16 Å². The average molecular weight is 316 g/mol. The fraction of sp³-hybridized carbons (Fsp3) is 0.231. The summed E-state index contributed by atoms with van der Waals surface area (Å²) in [5, 5.41) is 0.0112. The van der Waals surface area contributed by atoms with Crippen LogP contribution in [0.15, 0.2) is 40.5 Å². The number of nitrogens with zero attached hydrogens (tertiary/aromatic N) is 2. The molecule has 0 radical (unpaired) electrons. The Morgan fingerprint density at radius 1 is 1.05 bits per heavy atom. The summed E-state index contributed by atoms with van der Waals surface area (Å²) in [6, 6.07) is 5.83. The molecule has 2 aromatic rings. The summed E-state index contributed by atoms with van der Waals surface area (Å²) in [5.74, 6) is 1.02. The van der Waals surface area contributed by atoms with Crippen molar-refractivity contribution in [2.45, 2.75) is 16.2 Å². The van der Waals surface area contributed by atoms with E-state index in [1.165, 1.54) is 14.2 Å². The molecule has 0 unspecified atom stereocenters. The largest absolute Gasteiger partial charge is 0.493 e. The Morgan fingerprint density at radius 3 is 2.38 bits per heavy atom. The SMILES string of the molecule is COc1ccc(Sc2nccc(C(F)(F)F)n2)cc1OC. The molecule has 0 bridgehead atoms. The Bertz CT molecular complexity index is 635. The van der Waals surface area contributed by atoms with Gasteiger partial charge in [0.05, 0.1) is 14.2 Å². The molecule has 8 heteroatoms. The second-order valence-corrected chi connectivity index (χ2v) is 4.88. The van der Waals surface area contributed by atoms with Crippen LogP contribution in [0.2, 0.25) is 0 Å². The number of hydrogen-bond donors (Lipinski definition) is 0. The van der Waals surface area contributed by atoms with Crippen LogP contribution in [0.4, 0.5) is 13.2 Å². The van der Waals surface area contributed by atoms with Crippen molar-refractivity contribution in [3.63, 3.8) is 0 Å². The Hall–Kier alpha value is -1.96. The van der Waals surface area contributed by atoms with Gasteiger partial charge >= 0.3 is 6.18 Å². The molecule has 21 heavy (non-hydrogen) atoms. The molecule has 0 atom stereocenters. The van der Waals surface area contributed by atoms with Gasteiger partial charge in [-0.15, -0.1) is 0 Å². The highest BCUT2D eigenvalue weighted by Crippen LogP contribution is 2.35. The number of benzene rings is 1. The maximum absolute atomic E-state index is 12.6. The van der Waals surface area contributed by atoms with E-state index in [0.717, 1.165) is 24.0 Å². The average Bonchev–Trinajstić information content (AvgIpc) is 2.46. The molecule has 112 valence electrons. The van der Waals surface area contributed by atoms with Gasteiger partial charge in [-0.05, 0) is 36.0 Å². The van der Waals surface area contributed by atoms with Gasteiger partial charge in [0.25, 0.3) is 0 Å². The second-order valence-electron chi connectivity index (χ2n) is 3.84. The van der Waals surface area contributed by atoms with Crippen molar-refractivity contribution >= 4 is 11.8 Å². The Labute approximate surface area is 123 Å². The maximum atomic E-state index is 12.6. The minimum absolute atomic E-state index is 0.0112. The fourth-order valence-corrected chi connectivity index (χ4v) is 2.30. The van der Waals surface area contributed by atoms with E-state index in [4.69, 9.17) is 9.47 Å². The lowest BCUT2D eigenvalue weighted by Crippen LogP contribution is -2.08. The summed E-state index contributed by atoms with van der Waals surface area (Å²) in [6.07, 6.45) is -3.41. The van der Waals surface area contributed by atoms with Crippen molar-refractivity contribution in [2.75, 3.05) is 14.2 Å². The van der Waals surface area contributed by atoms with Crippen LogP contribution in [0.25, 0.3) is 0 Å². The molecule has 0 aliphatic carbocycles. The lowest BCUT2D eigenvalue weighted by atomic mass is 10.3. The third kappa shape index (κ3) is 3.78. The first kappa shape index (κ1) is 15.4. The minimum Gasteiger partial charge on any atom is -0.493 e. The monoisotopic (exact) mass is 316 g/mol. The van der Waals surface area contributed by atoms with Crippen LogP contribution in [0.1, 0.15) is 5.69 Å². The number of halogens is 3. The lowest BCUT2D eigenvalue weighted by molar-refractivity contribution is -0.141. The summed E-state index contributed by atoms with van der Waals surface area (Å²) in [7, 11) is 2.98. The topological polar surface area (TPSA) is 44.2 Å². The summed E-state index contributed by atoms with van der Waals surface area (Å²) in [4.78, 5) is 7.96. The molecule has 0 saturated carbocycles. The molecule has 0 fully saturated rings. The van der Waals surface area contributed by atoms with Gasteiger partial charge in [-0.2, -0.15) is 13.2 Å². The molecular weight excluding hydrogens is 305 g/mol. The summed E-state index contributed by atoms with van der Waals surface area (Å²) in [5.41, 5.74) is -0.972. The first-order valence-corrected chi connectivity index (χ1v) is 6.56. The van der Waals surface area contributed by atoms with Gasteiger partial charge in [0, 0.05) is 11.1 Å². The highest BCUT2D eigenvalue weighted by molar-refractivity contribution is 7.99. The predicted molar refractivity (Wildman–Crippen MR) is 70.7 cm³/mol. The van der Waals surface area contributed by atoms with Crippen molar-refractivity contribution in [2.24, 2.45) is 0 Å². The first-order valence-electron chi connectivity index (χ1n) is 5.74. The molecule has 1 aromatic carbocycles. The van der Waals surface area contributed by atoms with E-state index >= 15 is 0 Å². The number of aromatic nitrogens is 2. The number of alkyl halides is 3. The van der Waals surface area contributed by atoms with E-state index in [1.54, 1.807) is 18.2 Å². The standard InChI is InChI=1S/C13H11F3N2O2S/c1-19-9-4-3-8(7-10(9)20-2)21-12-17-6-5-11(18-12)13(14,15)16/h3-7H,1-2H3. The van der Waals surface area contributed by atoms with Crippen molar-refractivity contribution in [1.82, 2.24) is 9.97 Å². The van der Waals surface area contributed by atoms with Crippen LogP contribution in [0, 0.1) is 0 Å². The van der Waals surface area contributed by atoms with Crippen LogP contribution >= 0.6 is 11.8 Å². The summed E-state index contributed by atoms with van der Waals surface area (Å²) < 4.78 is 48.0. The quantitative estimate of drug-likeness (QED) is 0.805. The van der Waals surface area contributed by atoms with Crippen molar-refractivity contribution in [3.05, 3.63) is 36.2 Å². The molecule has 2 rings (SSSR count). The predicted octanol–water partition coefficient (Wildman–Crippen LogP) is 3.66. The number of hydrogen-bond acceptors (Lipinski definition) is 5. The molecule has 0 saturated heterocycles. The van der Waals surface area contributed by atoms with Gasteiger partial charge in [0.2, 0.25) is 0 Å². The van der Waals surface area contributed by atoms with E-state index in [2.05, 4.69) is 9.97 Å². The van der Waals surface area contributed by atoms with E-state index in [0.29, 0.717) is 16.4 Å². The van der Waals surface area contributed by atoms with Crippen molar-refractivity contribution in [1.29, 1.82) is 0 Å². The zero-order chi connectivity index (χ0) is 15.5. The minimum atomic E-state index is -4.49. The third-order valence-corrected chi connectivity index (χ3v) is 3.36. The first-order chi connectivity index (χ1) is 9.94. The summed E-state index contributed by atoms with van der Waals surface area (Å²) >= 11 is 1.01. The van der Waals surface area contributed by atoms with Gasteiger partial charge in [-0.3, -0.25) is 0 Å². The van der Waals surface area contributed by atoms with Crippen molar-refractivity contribution < 1.29 is 22.6 Å². The zero-order valence-corrected chi connectivity index (χ0v) is 12.0. The van der Waals surface area contributed by atoms with Crippen LogP contribution in [0.5, 0.6) is 11.5 Å². The molecule has 1 aromatic heterocycles. The van der Waals surface area contributed by atoms with Crippen LogP contribution in [0.3, 0.4) is 0 Å². The number of methoxy groups -OCH3 is 2. The molecular formula is C13H11F3N2O2S. The molecule has 0 amide bonds.